The van der Waals surface area contributed by atoms with Crippen LogP contribution in [0.4, 0.5) is 4.39 Å². The lowest BCUT2D eigenvalue weighted by molar-refractivity contribution is 0.605. The minimum absolute atomic E-state index is 0.139. The van der Waals surface area contributed by atoms with E-state index in [2.05, 4.69) is 18.3 Å². The molecule has 0 saturated carbocycles. The maximum absolute atomic E-state index is 14.0. The molecule has 0 heterocycles. The number of hydrogen-bond donors (Lipinski definition) is 1. The molecular formula is C18H20FN. The van der Waals surface area contributed by atoms with E-state index in [0.29, 0.717) is 5.39 Å². The Morgan fingerprint density at radius 3 is 2.65 bits per heavy atom. The van der Waals surface area contributed by atoms with Gasteiger partial charge in [0.2, 0.25) is 0 Å². The lowest BCUT2D eigenvalue weighted by Crippen LogP contribution is -2.22. The molecule has 1 aliphatic rings. The summed E-state index contributed by atoms with van der Waals surface area (Å²) in [6, 6.07) is 11.5. The van der Waals surface area contributed by atoms with Gasteiger partial charge in [0.1, 0.15) is 5.82 Å². The summed E-state index contributed by atoms with van der Waals surface area (Å²) >= 11 is 0. The highest BCUT2D eigenvalue weighted by Gasteiger charge is 2.20. The maximum Gasteiger partial charge on any atom is 0.131 e. The Balaban J connectivity index is 2.13. The summed E-state index contributed by atoms with van der Waals surface area (Å²) in [7, 11) is 0. The molecule has 2 heteroatoms. The van der Waals surface area contributed by atoms with Crippen molar-refractivity contribution >= 4 is 10.8 Å². The Morgan fingerprint density at radius 2 is 1.95 bits per heavy atom. The summed E-state index contributed by atoms with van der Waals surface area (Å²) in [6.07, 6.45) is 5.88. The van der Waals surface area contributed by atoms with E-state index >= 15 is 0 Å². The number of hydrogen-bond acceptors (Lipinski definition) is 1. The van der Waals surface area contributed by atoms with Crippen molar-refractivity contribution in [3.63, 3.8) is 0 Å². The average Bonchev–Trinajstić information content (AvgIpc) is 3.00. The number of rotatable bonds is 4. The van der Waals surface area contributed by atoms with E-state index in [4.69, 9.17) is 0 Å². The number of likely N-dealkylation sites (N-methyl/N-ethyl adjacent to an activating group) is 1. The topological polar surface area (TPSA) is 12.0 Å². The molecule has 1 N–H and O–H groups in total. The summed E-state index contributed by atoms with van der Waals surface area (Å²) < 4.78 is 14.0. The number of benzene rings is 2. The van der Waals surface area contributed by atoms with Gasteiger partial charge in [-0.05, 0) is 42.8 Å². The quantitative estimate of drug-likeness (QED) is 0.790. The number of nitrogens with one attached hydrogen (secondary N) is 1. The van der Waals surface area contributed by atoms with Crippen molar-refractivity contribution in [3.8, 4) is 0 Å². The normalized spacial score (nSPS) is 16.4. The second-order valence-corrected chi connectivity index (χ2v) is 5.34. The smallest absolute Gasteiger partial charge is 0.131 e. The molecule has 0 radical (unpaired) electrons. The van der Waals surface area contributed by atoms with Gasteiger partial charge < -0.3 is 5.32 Å². The Kier molecular flexibility index (Phi) is 3.83. The Bertz CT molecular complexity index is 645. The van der Waals surface area contributed by atoms with Crippen LogP contribution in [-0.4, -0.2) is 6.54 Å². The number of allylic oxidation sites excluding steroid dienone is 1. The third-order valence-electron chi connectivity index (χ3n) is 4.07. The minimum atomic E-state index is -0.139. The van der Waals surface area contributed by atoms with Gasteiger partial charge in [-0.1, -0.05) is 48.9 Å². The first-order valence-corrected chi connectivity index (χ1v) is 7.40. The monoisotopic (exact) mass is 269 g/mol. The second-order valence-electron chi connectivity index (χ2n) is 5.34. The zero-order valence-corrected chi connectivity index (χ0v) is 11.8. The first-order valence-electron chi connectivity index (χ1n) is 7.40. The molecule has 104 valence electrons. The summed E-state index contributed by atoms with van der Waals surface area (Å²) in [5.41, 5.74) is 2.64. The van der Waals surface area contributed by atoms with E-state index in [1.54, 1.807) is 6.07 Å². The van der Waals surface area contributed by atoms with Crippen molar-refractivity contribution < 1.29 is 4.39 Å². The van der Waals surface area contributed by atoms with Crippen molar-refractivity contribution in [1.82, 2.24) is 5.32 Å². The summed E-state index contributed by atoms with van der Waals surface area (Å²) in [6.45, 7) is 3.03. The van der Waals surface area contributed by atoms with E-state index in [1.165, 1.54) is 17.6 Å². The Labute approximate surface area is 119 Å². The predicted molar refractivity (Wildman–Crippen MR) is 82.3 cm³/mol. The second kappa shape index (κ2) is 5.76. The lowest BCUT2D eigenvalue weighted by atomic mass is 9.93. The molecule has 3 rings (SSSR count). The first kappa shape index (κ1) is 13.3. The van der Waals surface area contributed by atoms with Crippen LogP contribution in [0.3, 0.4) is 0 Å². The van der Waals surface area contributed by atoms with Gasteiger partial charge in [0.05, 0.1) is 6.04 Å². The van der Waals surface area contributed by atoms with Gasteiger partial charge in [-0.25, -0.2) is 4.39 Å². The van der Waals surface area contributed by atoms with Crippen molar-refractivity contribution in [1.29, 1.82) is 0 Å². The highest BCUT2D eigenvalue weighted by Crippen LogP contribution is 2.35. The summed E-state index contributed by atoms with van der Waals surface area (Å²) in [5.74, 6) is -0.139. The van der Waals surface area contributed by atoms with Crippen LogP contribution in [0.25, 0.3) is 10.8 Å². The molecule has 0 aliphatic heterocycles. The standard InChI is InChI=1S/C18H20FN/c1-2-20-18(13-7-3-4-8-13)16-11-12-17(19)15-10-6-5-9-14(15)16/h5-7,9-12,18,20H,2-4,8H2,1H3. The van der Waals surface area contributed by atoms with Crippen molar-refractivity contribution in [2.24, 2.45) is 0 Å². The van der Waals surface area contributed by atoms with Crippen LogP contribution in [-0.2, 0) is 0 Å². The minimum Gasteiger partial charge on any atom is -0.307 e. The molecule has 2 aromatic rings. The molecule has 1 aliphatic carbocycles. The number of fused-ring (bicyclic) bond motifs is 1. The van der Waals surface area contributed by atoms with Crippen LogP contribution >= 0.6 is 0 Å². The van der Waals surface area contributed by atoms with E-state index in [0.717, 1.165) is 24.8 Å². The average molecular weight is 269 g/mol. The van der Waals surface area contributed by atoms with E-state index in [-0.39, 0.29) is 11.9 Å². The van der Waals surface area contributed by atoms with E-state index < -0.39 is 0 Å². The zero-order valence-electron chi connectivity index (χ0n) is 11.8. The predicted octanol–water partition coefficient (Wildman–Crippen LogP) is 4.74. The molecule has 0 spiro atoms. The highest BCUT2D eigenvalue weighted by molar-refractivity contribution is 5.87. The molecule has 0 bridgehead atoms. The molecular weight excluding hydrogens is 249 g/mol. The van der Waals surface area contributed by atoms with E-state index in [1.807, 2.05) is 30.3 Å². The molecule has 0 amide bonds. The molecule has 0 saturated heterocycles. The third-order valence-corrected chi connectivity index (χ3v) is 4.07. The third kappa shape index (κ3) is 2.36. The molecule has 0 aromatic heterocycles. The van der Waals surface area contributed by atoms with Crippen LogP contribution < -0.4 is 5.32 Å². The number of halogens is 1. The van der Waals surface area contributed by atoms with Crippen molar-refractivity contribution in [2.45, 2.75) is 32.2 Å². The van der Waals surface area contributed by atoms with Gasteiger partial charge in [-0.15, -0.1) is 0 Å². The van der Waals surface area contributed by atoms with Crippen molar-refractivity contribution in [3.05, 3.63) is 59.4 Å². The highest BCUT2D eigenvalue weighted by atomic mass is 19.1. The zero-order chi connectivity index (χ0) is 13.9. The molecule has 1 atom stereocenters. The van der Waals surface area contributed by atoms with E-state index in [9.17, 15) is 4.39 Å². The molecule has 1 unspecified atom stereocenters. The molecule has 1 nitrogen and oxygen atoms in total. The SMILES string of the molecule is CCNC(C1=CCCC1)c1ccc(F)c2ccccc12. The summed E-state index contributed by atoms with van der Waals surface area (Å²) in [5, 5.41) is 5.30. The van der Waals surface area contributed by atoms with Crippen molar-refractivity contribution in [2.75, 3.05) is 6.54 Å². The van der Waals surface area contributed by atoms with Gasteiger partial charge in [0.15, 0.2) is 0 Å². The van der Waals surface area contributed by atoms with Crippen LogP contribution in [0, 0.1) is 5.82 Å². The fourth-order valence-corrected chi connectivity index (χ4v) is 3.14. The van der Waals surface area contributed by atoms with Gasteiger partial charge >= 0.3 is 0 Å². The lowest BCUT2D eigenvalue weighted by Gasteiger charge is -2.22. The van der Waals surface area contributed by atoms with Crippen LogP contribution in [0.15, 0.2) is 48.0 Å². The largest absolute Gasteiger partial charge is 0.307 e. The molecule has 0 fully saturated rings. The van der Waals surface area contributed by atoms with Gasteiger partial charge in [-0.2, -0.15) is 0 Å². The molecule has 2 aromatic carbocycles. The fourth-order valence-electron chi connectivity index (χ4n) is 3.14. The Hall–Kier alpha value is -1.67. The van der Waals surface area contributed by atoms with Gasteiger partial charge in [0.25, 0.3) is 0 Å². The van der Waals surface area contributed by atoms with Gasteiger partial charge in [0, 0.05) is 5.39 Å². The first-order chi connectivity index (χ1) is 9.81. The Morgan fingerprint density at radius 1 is 1.15 bits per heavy atom. The van der Waals surface area contributed by atoms with Crippen LogP contribution in [0.2, 0.25) is 0 Å². The van der Waals surface area contributed by atoms with Gasteiger partial charge in [-0.3, -0.25) is 0 Å². The van der Waals surface area contributed by atoms with Crippen LogP contribution in [0.1, 0.15) is 37.8 Å². The summed E-state index contributed by atoms with van der Waals surface area (Å²) in [4.78, 5) is 0. The fraction of sp³-hybridized carbons (Fsp3) is 0.333. The maximum atomic E-state index is 14.0. The van der Waals surface area contributed by atoms with Crippen LogP contribution in [0.5, 0.6) is 0 Å². The molecule has 20 heavy (non-hydrogen) atoms.